The van der Waals surface area contributed by atoms with Gasteiger partial charge in [0.1, 0.15) is 5.54 Å². The molecular weight excluding hydrogens is 454 g/mol. The van der Waals surface area contributed by atoms with E-state index in [1.165, 1.54) is 11.3 Å². The maximum Gasteiger partial charge on any atom is 0.325 e. The largest absolute Gasteiger partial charge is 0.418 e. The minimum absolute atomic E-state index is 0.0264. The van der Waals surface area contributed by atoms with Crippen molar-refractivity contribution in [1.82, 2.24) is 25.4 Å². The first-order valence-electron chi connectivity index (χ1n) is 10.7. The van der Waals surface area contributed by atoms with Crippen LogP contribution in [-0.4, -0.2) is 49.4 Å². The predicted octanol–water partition coefficient (Wildman–Crippen LogP) is 3.84. The van der Waals surface area contributed by atoms with Crippen molar-refractivity contribution in [2.24, 2.45) is 0 Å². The summed E-state index contributed by atoms with van der Waals surface area (Å²) in [6.07, 6.45) is -0.0264. The molecule has 5 rings (SSSR count). The van der Waals surface area contributed by atoms with Gasteiger partial charge in [0, 0.05) is 6.04 Å². The van der Waals surface area contributed by atoms with Gasteiger partial charge in [-0.05, 0) is 44.0 Å². The first-order chi connectivity index (χ1) is 16.2. The molecule has 3 amide bonds. The number of carbonyl (C=O) groups excluding carboxylic acids is 3. The highest BCUT2D eigenvalue weighted by atomic mass is 32.1. The zero-order valence-electron chi connectivity index (χ0n) is 18.7. The molecule has 1 saturated heterocycles. The van der Waals surface area contributed by atoms with Crippen LogP contribution in [0.15, 0.2) is 52.9 Å². The number of benzene rings is 2. The predicted molar refractivity (Wildman–Crippen MR) is 125 cm³/mol. The van der Waals surface area contributed by atoms with Gasteiger partial charge < -0.3 is 9.73 Å². The van der Waals surface area contributed by atoms with Crippen LogP contribution in [0.2, 0.25) is 0 Å². The molecule has 2 aromatic carbocycles. The molecule has 2 aromatic heterocycles. The fourth-order valence-corrected chi connectivity index (χ4v) is 4.88. The van der Waals surface area contributed by atoms with E-state index in [1.807, 2.05) is 48.5 Å². The molecule has 9 nitrogen and oxygen atoms in total. The van der Waals surface area contributed by atoms with Crippen molar-refractivity contribution in [1.29, 1.82) is 0 Å². The third-order valence-electron chi connectivity index (χ3n) is 5.66. The van der Waals surface area contributed by atoms with Crippen LogP contribution in [0.1, 0.15) is 42.4 Å². The molecule has 1 aliphatic heterocycles. The summed E-state index contributed by atoms with van der Waals surface area (Å²) in [4.78, 5) is 43.5. The van der Waals surface area contributed by atoms with Gasteiger partial charge in [-0.25, -0.2) is 9.78 Å². The van der Waals surface area contributed by atoms with Crippen LogP contribution >= 0.6 is 11.3 Å². The van der Waals surface area contributed by atoms with E-state index in [0.29, 0.717) is 5.52 Å². The molecule has 0 saturated carbocycles. The number of hydrogen-bond donors (Lipinski definition) is 1. The lowest BCUT2D eigenvalue weighted by molar-refractivity contribution is -0.132. The molecule has 3 heterocycles. The molecule has 1 aliphatic rings. The highest BCUT2D eigenvalue weighted by Gasteiger charge is 2.49. The molecule has 4 aromatic rings. The van der Waals surface area contributed by atoms with Gasteiger partial charge in [0.2, 0.25) is 5.89 Å². The first kappa shape index (κ1) is 21.9. The molecule has 0 bridgehead atoms. The summed E-state index contributed by atoms with van der Waals surface area (Å²) in [5, 5.41) is 10.7. The number of urea groups is 1. The summed E-state index contributed by atoms with van der Waals surface area (Å²) in [6, 6.07) is 15.0. The number of nitrogens with one attached hydrogen (secondary N) is 1. The van der Waals surface area contributed by atoms with Gasteiger partial charge in [-0.15, -0.1) is 21.5 Å². The Kier molecular flexibility index (Phi) is 5.24. The minimum atomic E-state index is -1.22. The van der Waals surface area contributed by atoms with E-state index < -0.39 is 17.4 Å². The van der Waals surface area contributed by atoms with Gasteiger partial charge in [0.05, 0.1) is 16.6 Å². The molecule has 1 atom stereocenters. The molecule has 0 aliphatic carbocycles. The Morgan fingerprint density at radius 3 is 2.59 bits per heavy atom. The normalized spacial score (nSPS) is 18.2. The van der Waals surface area contributed by atoms with Crippen molar-refractivity contribution in [3.8, 4) is 11.1 Å². The number of rotatable bonds is 6. The smallest absolute Gasteiger partial charge is 0.325 e. The third-order valence-corrected chi connectivity index (χ3v) is 6.68. The van der Waals surface area contributed by atoms with E-state index in [9.17, 15) is 14.4 Å². The Hall–Kier alpha value is -3.92. The summed E-state index contributed by atoms with van der Waals surface area (Å²) in [5.74, 6) is -0.994. The Bertz CT molecular complexity index is 1430. The number of hydrogen-bond acceptors (Lipinski definition) is 8. The fourth-order valence-electron chi connectivity index (χ4n) is 3.94. The number of thiazole rings is 1. The average Bonchev–Trinajstić information content (AvgIpc) is 3.50. The van der Waals surface area contributed by atoms with Crippen LogP contribution in [-0.2, 0) is 11.2 Å². The molecule has 1 unspecified atom stereocenters. The minimum Gasteiger partial charge on any atom is -0.418 e. The van der Waals surface area contributed by atoms with Crippen molar-refractivity contribution in [3.05, 3.63) is 65.3 Å². The van der Waals surface area contributed by atoms with Gasteiger partial charge in [-0.1, -0.05) is 36.4 Å². The summed E-state index contributed by atoms with van der Waals surface area (Å²) < 4.78 is 6.43. The number of nitrogens with zero attached hydrogens (tertiary/aromatic N) is 4. The Labute approximate surface area is 198 Å². The highest BCUT2D eigenvalue weighted by Crippen LogP contribution is 2.29. The first-order valence-corrected chi connectivity index (χ1v) is 11.6. The zero-order chi connectivity index (χ0) is 24.0. The Morgan fingerprint density at radius 1 is 1.12 bits per heavy atom. The van der Waals surface area contributed by atoms with Crippen molar-refractivity contribution in [3.63, 3.8) is 0 Å². The highest BCUT2D eigenvalue weighted by molar-refractivity contribution is 7.20. The molecule has 1 fully saturated rings. The summed E-state index contributed by atoms with van der Waals surface area (Å²) in [6.45, 7) is 5.11. The van der Waals surface area contributed by atoms with E-state index in [2.05, 4.69) is 20.5 Å². The molecule has 1 N–H and O–H groups in total. The van der Waals surface area contributed by atoms with Crippen LogP contribution in [0.5, 0.6) is 0 Å². The van der Waals surface area contributed by atoms with E-state index in [1.54, 1.807) is 20.8 Å². The van der Waals surface area contributed by atoms with E-state index in [0.717, 1.165) is 20.7 Å². The second-order valence-corrected chi connectivity index (χ2v) is 9.64. The Morgan fingerprint density at radius 2 is 1.88 bits per heavy atom. The second kappa shape index (κ2) is 8.14. The van der Waals surface area contributed by atoms with E-state index in [-0.39, 0.29) is 35.2 Å². The molecule has 0 radical (unpaired) electrons. The van der Waals surface area contributed by atoms with Crippen LogP contribution in [0.4, 0.5) is 4.79 Å². The zero-order valence-corrected chi connectivity index (χ0v) is 19.5. The van der Waals surface area contributed by atoms with Gasteiger partial charge >= 0.3 is 6.03 Å². The number of amides is 3. The summed E-state index contributed by atoms with van der Waals surface area (Å²) >= 11 is 1.25. The molecule has 34 heavy (non-hydrogen) atoms. The van der Waals surface area contributed by atoms with Crippen molar-refractivity contribution in [2.45, 2.75) is 38.8 Å². The fraction of sp³-hybridized carbons (Fsp3) is 0.250. The number of carbonyl (C=O) groups is 3. The maximum atomic E-state index is 13.0. The number of fused-ring (bicyclic) bond motifs is 1. The lowest BCUT2D eigenvalue weighted by Crippen LogP contribution is -2.46. The topological polar surface area (TPSA) is 118 Å². The number of aromatic nitrogens is 3. The van der Waals surface area contributed by atoms with Crippen molar-refractivity contribution in [2.75, 3.05) is 0 Å². The molecular formula is C24H21N5O4S. The molecule has 172 valence electrons. The third kappa shape index (κ3) is 3.75. The van der Waals surface area contributed by atoms with E-state index >= 15 is 0 Å². The van der Waals surface area contributed by atoms with E-state index in [4.69, 9.17) is 4.42 Å². The quantitative estimate of drug-likeness (QED) is 0.332. The van der Waals surface area contributed by atoms with Crippen LogP contribution in [0, 0.1) is 0 Å². The Balaban J connectivity index is 1.37. The van der Waals surface area contributed by atoms with Crippen LogP contribution in [0.3, 0.4) is 0 Å². The van der Waals surface area contributed by atoms with Crippen LogP contribution in [0.25, 0.3) is 21.3 Å². The van der Waals surface area contributed by atoms with Gasteiger partial charge in [0.15, 0.2) is 5.01 Å². The van der Waals surface area contributed by atoms with Gasteiger partial charge in [-0.3, -0.25) is 14.5 Å². The molecule has 10 heteroatoms. The van der Waals surface area contributed by atoms with Gasteiger partial charge in [-0.2, -0.15) is 0 Å². The average molecular weight is 476 g/mol. The maximum absolute atomic E-state index is 13.0. The summed E-state index contributed by atoms with van der Waals surface area (Å²) in [5.41, 5.74) is 1.58. The number of imide groups is 1. The molecule has 0 spiro atoms. The van der Waals surface area contributed by atoms with Crippen molar-refractivity contribution < 1.29 is 18.8 Å². The van der Waals surface area contributed by atoms with Crippen LogP contribution < -0.4 is 5.32 Å². The summed E-state index contributed by atoms with van der Waals surface area (Å²) in [7, 11) is 0. The van der Waals surface area contributed by atoms with Gasteiger partial charge in [0.25, 0.3) is 17.6 Å². The lowest BCUT2D eigenvalue weighted by atomic mass is 9.98. The number of ketones is 1. The standard InChI is InChI=1S/C24H21N5O4S/c1-13(2)29-22(31)24(3,26-23(29)32)12-18-27-28-20(33-18)19(30)21-25-16-10-9-15(11-17(16)34-21)14-7-5-4-6-8-14/h4-11,13H,12H2,1-3H3,(H,26,32). The second-order valence-electron chi connectivity index (χ2n) is 8.61. The lowest BCUT2D eigenvalue weighted by Gasteiger charge is -2.21. The SMILES string of the molecule is CC(C)N1C(=O)NC(C)(Cc2nnc(C(=O)c3nc4ccc(-c5ccccc5)cc4s3)o2)C1=O. The van der Waals surface area contributed by atoms with Crippen molar-refractivity contribution >= 4 is 39.3 Å². The monoisotopic (exact) mass is 475 g/mol.